The van der Waals surface area contributed by atoms with Crippen molar-refractivity contribution in [2.45, 2.75) is 51.5 Å². The molecule has 2 aromatic rings. The van der Waals surface area contributed by atoms with Gasteiger partial charge in [0.25, 0.3) is 0 Å². The van der Waals surface area contributed by atoms with Crippen molar-refractivity contribution < 1.29 is 14.4 Å². The smallest absolute Gasteiger partial charge is 0.351 e. The molecule has 1 atom stereocenters. The number of carbonyl (C=O) groups excluding carboxylic acids is 1. The van der Waals surface area contributed by atoms with E-state index < -0.39 is 12.0 Å². The summed E-state index contributed by atoms with van der Waals surface area (Å²) in [5.74, 6) is 1.35. The molecule has 9 heteroatoms. The van der Waals surface area contributed by atoms with Gasteiger partial charge in [-0.25, -0.2) is 9.78 Å². The predicted octanol–water partition coefficient (Wildman–Crippen LogP) is 4.69. The van der Waals surface area contributed by atoms with Crippen LogP contribution >= 0.6 is 15.9 Å². The predicted molar refractivity (Wildman–Crippen MR) is 152 cm³/mol. The van der Waals surface area contributed by atoms with Crippen LogP contribution in [0.3, 0.4) is 0 Å². The fraction of sp³-hybridized carbons (Fsp3) is 0.464. The van der Waals surface area contributed by atoms with Crippen molar-refractivity contribution in [3.8, 4) is 5.75 Å². The van der Waals surface area contributed by atoms with E-state index >= 15 is 0 Å². The maximum atomic E-state index is 12.2. The van der Waals surface area contributed by atoms with Crippen LogP contribution in [0.15, 0.2) is 58.2 Å². The van der Waals surface area contributed by atoms with E-state index in [1.54, 1.807) is 6.08 Å². The minimum atomic E-state index is -0.744. The SMILES string of the molecule is C/C=C(Br)\C=N\OC(=O)C(N)CCN(CCCCc1ccc2c(n1)NCCC2)CCOc1ccccc1. The first kappa shape index (κ1) is 28.8. The summed E-state index contributed by atoms with van der Waals surface area (Å²) < 4.78 is 6.62. The molecule has 3 rings (SSSR count). The zero-order valence-corrected chi connectivity index (χ0v) is 23.2. The zero-order chi connectivity index (χ0) is 26.3. The van der Waals surface area contributed by atoms with Crippen molar-refractivity contribution in [2.24, 2.45) is 10.9 Å². The molecule has 0 saturated heterocycles. The van der Waals surface area contributed by atoms with Gasteiger partial charge in [-0.3, -0.25) is 4.90 Å². The van der Waals surface area contributed by atoms with Crippen molar-refractivity contribution in [3.63, 3.8) is 0 Å². The summed E-state index contributed by atoms with van der Waals surface area (Å²) in [6.45, 7) is 5.69. The molecule has 0 amide bonds. The number of rotatable bonds is 15. The monoisotopic (exact) mass is 571 g/mol. The van der Waals surface area contributed by atoms with Gasteiger partial charge in [-0.15, -0.1) is 0 Å². The maximum absolute atomic E-state index is 12.2. The Morgan fingerprint density at radius 1 is 1.22 bits per heavy atom. The number of unbranched alkanes of at least 4 members (excludes halogenated alkanes) is 1. The normalized spacial score (nSPS) is 14.3. The molecule has 3 N–H and O–H groups in total. The van der Waals surface area contributed by atoms with Gasteiger partial charge >= 0.3 is 5.97 Å². The summed E-state index contributed by atoms with van der Waals surface area (Å²) in [7, 11) is 0. The van der Waals surface area contributed by atoms with Gasteiger partial charge in [-0.1, -0.05) is 35.5 Å². The Balaban J connectivity index is 1.45. The Bertz CT molecular complexity index is 1030. The standard InChI is InChI=1S/C28H38BrN5O3/c1-2-23(29)21-32-37-28(35)26(30)15-18-34(19-20-36-25-11-4-3-5-12-25)17-7-6-10-24-14-13-22-9-8-16-31-27(22)33-24/h2-5,11-14,21,26H,6-10,15-20,30H2,1H3,(H,31,33)/b23-2+,32-21+. The number of hydrogen-bond donors (Lipinski definition) is 2. The van der Waals surface area contributed by atoms with Gasteiger partial charge in [0.15, 0.2) is 0 Å². The van der Waals surface area contributed by atoms with E-state index in [9.17, 15) is 4.79 Å². The molecule has 0 fully saturated rings. The van der Waals surface area contributed by atoms with Crippen LogP contribution in [0, 0.1) is 0 Å². The van der Waals surface area contributed by atoms with E-state index in [0.29, 0.717) is 19.6 Å². The highest BCUT2D eigenvalue weighted by Crippen LogP contribution is 2.20. The van der Waals surface area contributed by atoms with E-state index in [2.05, 4.69) is 43.4 Å². The number of para-hydroxylation sites is 1. The lowest BCUT2D eigenvalue weighted by Crippen LogP contribution is -2.38. The van der Waals surface area contributed by atoms with Crippen LogP contribution < -0.4 is 15.8 Å². The number of nitrogens with two attached hydrogens (primary N) is 1. The maximum Gasteiger partial charge on any atom is 0.351 e. The van der Waals surface area contributed by atoms with Crippen molar-refractivity contribution in [3.05, 3.63) is 64.3 Å². The molecule has 0 aliphatic carbocycles. The Labute approximate surface area is 228 Å². The third-order valence-electron chi connectivity index (χ3n) is 6.18. The summed E-state index contributed by atoms with van der Waals surface area (Å²) in [5.41, 5.74) is 8.52. The lowest BCUT2D eigenvalue weighted by atomic mass is 10.1. The largest absolute Gasteiger partial charge is 0.492 e. The summed E-state index contributed by atoms with van der Waals surface area (Å²) in [6, 6.07) is 13.4. The molecule has 0 saturated carbocycles. The third kappa shape index (κ3) is 10.6. The molecular weight excluding hydrogens is 534 g/mol. The molecule has 1 aliphatic heterocycles. The van der Waals surface area contributed by atoms with Gasteiger partial charge in [0, 0.05) is 29.8 Å². The first-order valence-electron chi connectivity index (χ1n) is 13.0. The highest BCUT2D eigenvalue weighted by atomic mass is 79.9. The molecular formula is C28H38BrN5O3. The Morgan fingerprint density at radius 2 is 2.05 bits per heavy atom. The number of nitrogens with zero attached hydrogens (tertiary/aromatic N) is 3. The number of benzene rings is 1. The average molecular weight is 573 g/mol. The molecule has 0 spiro atoms. The van der Waals surface area contributed by atoms with Gasteiger partial charge in [0.1, 0.15) is 24.2 Å². The number of aryl methyl sites for hydroxylation is 2. The number of halogens is 1. The Hall–Kier alpha value is -2.75. The fourth-order valence-electron chi connectivity index (χ4n) is 4.00. The summed E-state index contributed by atoms with van der Waals surface area (Å²) >= 11 is 3.28. The number of fused-ring (bicyclic) bond motifs is 1. The molecule has 0 radical (unpaired) electrons. The number of anilines is 1. The number of ether oxygens (including phenoxy) is 1. The number of allylic oxidation sites excluding steroid dienone is 2. The van der Waals surface area contributed by atoms with Gasteiger partial charge < -0.3 is 20.6 Å². The van der Waals surface area contributed by atoms with E-state index in [-0.39, 0.29) is 0 Å². The van der Waals surface area contributed by atoms with Crippen LogP contribution in [-0.4, -0.2) is 60.9 Å². The second-order valence-corrected chi connectivity index (χ2v) is 9.93. The van der Waals surface area contributed by atoms with Crippen LogP contribution in [0.1, 0.15) is 43.9 Å². The molecule has 1 aliphatic rings. The number of oxime groups is 1. The number of nitrogens with one attached hydrogen (secondary N) is 1. The number of hydrogen-bond acceptors (Lipinski definition) is 8. The molecule has 1 aromatic heterocycles. The number of aromatic nitrogens is 1. The van der Waals surface area contributed by atoms with E-state index in [1.807, 2.05) is 37.3 Å². The van der Waals surface area contributed by atoms with Gasteiger partial charge in [0.05, 0.1) is 6.21 Å². The second-order valence-electron chi connectivity index (χ2n) is 9.01. The van der Waals surface area contributed by atoms with Crippen LogP contribution in [0.4, 0.5) is 5.82 Å². The average Bonchev–Trinajstić information content (AvgIpc) is 2.93. The third-order valence-corrected chi connectivity index (χ3v) is 6.84. The molecule has 1 aromatic carbocycles. The van der Waals surface area contributed by atoms with Crippen LogP contribution in [0.25, 0.3) is 0 Å². The molecule has 0 bridgehead atoms. The van der Waals surface area contributed by atoms with E-state index in [1.165, 1.54) is 18.2 Å². The molecule has 37 heavy (non-hydrogen) atoms. The summed E-state index contributed by atoms with van der Waals surface area (Å²) in [6.07, 6.45) is 8.95. The fourth-order valence-corrected chi connectivity index (χ4v) is 4.09. The van der Waals surface area contributed by atoms with Crippen LogP contribution in [0.5, 0.6) is 5.75 Å². The number of pyridine rings is 1. The number of carbonyl (C=O) groups is 1. The summed E-state index contributed by atoms with van der Waals surface area (Å²) in [5, 5.41) is 7.09. The first-order chi connectivity index (χ1) is 18.0. The minimum absolute atomic E-state index is 0.475. The van der Waals surface area contributed by atoms with Gasteiger partial charge in [-0.2, -0.15) is 0 Å². The van der Waals surface area contributed by atoms with E-state index in [0.717, 1.165) is 67.1 Å². The lowest BCUT2D eigenvalue weighted by molar-refractivity contribution is -0.145. The first-order valence-corrected chi connectivity index (χ1v) is 13.8. The van der Waals surface area contributed by atoms with Crippen molar-refractivity contribution in [1.82, 2.24) is 9.88 Å². The molecule has 200 valence electrons. The highest BCUT2D eigenvalue weighted by molar-refractivity contribution is 9.12. The Kier molecular flexibility index (Phi) is 12.6. The van der Waals surface area contributed by atoms with Gasteiger partial charge in [0.2, 0.25) is 0 Å². The quantitative estimate of drug-likeness (QED) is 0.138. The lowest BCUT2D eigenvalue weighted by Gasteiger charge is -2.23. The van der Waals surface area contributed by atoms with Crippen molar-refractivity contribution in [2.75, 3.05) is 38.1 Å². The second kappa shape index (κ2) is 16.2. The van der Waals surface area contributed by atoms with E-state index in [4.69, 9.17) is 20.3 Å². The van der Waals surface area contributed by atoms with Gasteiger partial charge in [-0.05, 0) is 91.7 Å². The molecule has 8 nitrogen and oxygen atoms in total. The van der Waals surface area contributed by atoms with Crippen molar-refractivity contribution in [1.29, 1.82) is 0 Å². The minimum Gasteiger partial charge on any atom is -0.492 e. The van der Waals surface area contributed by atoms with Crippen LogP contribution in [-0.2, 0) is 22.5 Å². The van der Waals surface area contributed by atoms with Crippen molar-refractivity contribution >= 4 is 33.9 Å². The highest BCUT2D eigenvalue weighted by Gasteiger charge is 2.17. The Morgan fingerprint density at radius 3 is 2.86 bits per heavy atom. The summed E-state index contributed by atoms with van der Waals surface area (Å²) in [4.78, 5) is 24.2. The van der Waals surface area contributed by atoms with Crippen LogP contribution in [0.2, 0.25) is 0 Å². The molecule has 1 unspecified atom stereocenters. The topological polar surface area (TPSA) is 102 Å². The molecule has 2 heterocycles. The zero-order valence-electron chi connectivity index (χ0n) is 21.6.